The first-order valence-corrected chi connectivity index (χ1v) is 7.18. The zero-order valence-electron chi connectivity index (χ0n) is 12.5. The van der Waals surface area contributed by atoms with E-state index in [1.165, 1.54) is 0 Å². The predicted octanol–water partition coefficient (Wildman–Crippen LogP) is 1.86. The van der Waals surface area contributed by atoms with Gasteiger partial charge in [-0.05, 0) is 17.9 Å². The van der Waals surface area contributed by atoms with Crippen molar-refractivity contribution in [3.8, 4) is 0 Å². The molecule has 2 atom stereocenters. The van der Waals surface area contributed by atoms with Crippen molar-refractivity contribution in [3.05, 3.63) is 35.9 Å². The molecule has 5 heteroatoms. The van der Waals surface area contributed by atoms with Crippen LogP contribution in [0.1, 0.15) is 25.8 Å². The van der Waals surface area contributed by atoms with Crippen molar-refractivity contribution in [1.82, 2.24) is 5.32 Å². The molecule has 0 radical (unpaired) electrons. The number of rotatable bonds is 9. The van der Waals surface area contributed by atoms with Crippen molar-refractivity contribution >= 4 is 11.9 Å². The maximum Gasteiger partial charge on any atom is 0.326 e. The molecule has 1 rings (SSSR count). The number of ether oxygens (including phenoxy) is 1. The highest BCUT2D eigenvalue weighted by Gasteiger charge is 2.25. The standard InChI is InChI=1S/C16H23NO4/c1-3-12(2)15(16(19)20)17-14(18)11-21-10-9-13-7-5-4-6-8-13/h4-8,12,15H,3,9-11H2,1-2H3,(H,17,18)(H,19,20)/t12-,15-/m0/s1. The fourth-order valence-electron chi connectivity index (χ4n) is 1.90. The minimum Gasteiger partial charge on any atom is -0.480 e. The quantitative estimate of drug-likeness (QED) is 0.681. The molecule has 1 aromatic rings. The van der Waals surface area contributed by atoms with Gasteiger partial charge >= 0.3 is 5.97 Å². The number of carboxylic acid groups (broad SMARTS) is 1. The smallest absolute Gasteiger partial charge is 0.326 e. The van der Waals surface area contributed by atoms with E-state index in [2.05, 4.69) is 5.32 Å². The third-order valence-electron chi connectivity index (χ3n) is 3.41. The van der Waals surface area contributed by atoms with Gasteiger partial charge in [-0.15, -0.1) is 0 Å². The molecule has 0 bridgehead atoms. The van der Waals surface area contributed by atoms with Gasteiger partial charge in [0.15, 0.2) is 0 Å². The fraction of sp³-hybridized carbons (Fsp3) is 0.500. The molecule has 0 aliphatic rings. The zero-order chi connectivity index (χ0) is 15.7. The van der Waals surface area contributed by atoms with Crippen LogP contribution < -0.4 is 5.32 Å². The normalized spacial score (nSPS) is 13.4. The van der Waals surface area contributed by atoms with Crippen molar-refractivity contribution in [2.24, 2.45) is 5.92 Å². The first kappa shape index (κ1) is 17.2. The minimum absolute atomic E-state index is 0.115. The summed E-state index contributed by atoms with van der Waals surface area (Å²) in [5, 5.41) is 11.6. The lowest BCUT2D eigenvalue weighted by Gasteiger charge is -2.20. The summed E-state index contributed by atoms with van der Waals surface area (Å²) in [5.74, 6) is -1.52. The Balaban J connectivity index is 2.28. The average Bonchev–Trinajstić information content (AvgIpc) is 2.49. The van der Waals surface area contributed by atoms with Gasteiger partial charge in [0.2, 0.25) is 5.91 Å². The van der Waals surface area contributed by atoms with Crippen LogP contribution in [0.15, 0.2) is 30.3 Å². The summed E-state index contributed by atoms with van der Waals surface area (Å²) in [7, 11) is 0. The Hall–Kier alpha value is -1.88. The van der Waals surface area contributed by atoms with Gasteiger partial charge < -0.3 is 15.2 Å². The number of carboxylic acids is 1. The SMILES string of the molecule is CC[C@H](C)[C@H](NC(=O)COCCc1ccccc1)C(=O)O. The van der Waals surface area contributed by atoms with Crippen LogP contribution in [-0.2, 0) is 20.7 Å². The monoisotopic (exact) mass is 293 g/mol. The molecule has 21 heavy (non-hydrogen) atoms. The molecule has 0 heterocycles. The van der Waals surface area contributed by atoms with Crippen LogP contribution in [0.25, 0.3) is 0 Å². The molecule has 0 aliphatic heterocycles. The summed E-state index contributed by atoms with van der Waals surface area (Å²) < 4.78 is 5.29. The van der Waals surface area contributed by atoms with E-state index in [9.17, 15) is 9.59 Å². The largest absolute Gasteiger partial charge is 0.480 e. The van der Waals surface area contributed by atoms with Crippen LogP contribution >= 0.6 is 0 Å². The number of aliphatic carboxylic acids is 1. The highest BCUT2D eigenvalue weighted by atomic mass is 16.5. The maximum atomic E-state index is 11.7. The van der Waals surface area contributed by atoms with E-state index in [4.69, 9.17) is 9.84 Å². The number of nitrogens with one attached hydrogen (secondary N) is 1. The molecule has 0 aromatic heterocycles. The molecule has 116 valence electrons. The summed E-state index contributed by atoms with van der Waals surface area (Å²) in [6.45, 7) is 4.00. The van der Waals surface area contributed by atoms with E-state index in [0.717, 1.165) is 12.0 Å². The summed E-state index contributed by atoms with van der Waals surface area (Å²) >= 11 is 0. The first-order chi connectivity index (χ1) is 10.0. The van der Waals surface area contributed by atoms with Crippen molar-refractivity contribution in [2.75, 3.05) is 13.2 Å². The zero-order valence-corrected chi connectivity index (χ0v) is 12.5. The van der Waals surface area contributed by atoms with Gasteiger partial charge in [0, 0.05) is 0 Å². The van der Waals surface area contributed by atoms with Crippen LogP contribution in [0, 0.1) is 5.92 Å². The topological polar surface area (TPSA) is 75.6 Å². The third-order valence-corrected chi connectivity index (χ3v) is 3.41. The van der Waals surface area contributed by atoms with Crippen LogP contribution in [0.4, 0.5) is 0 Å². The minimum atomic E-state index is -1.01. The molecule has 0 aliphatic carbocycles. The number of benzene rings is 1. The predicted molar refractivity (Wildman–Crippen MR) is 80.0 cm³/mol. The number of carbonyl (C=O) groups excluding carboxylic acids is 1. The third kappa shape index (κ3) is 6.40. The second-order valence-corrected chi connectivity index (χ2v) is 5.06. The summed E-state index contributed by atoms with van der Waals surface area (Å²) in [6.07, 6.45) is 1.41. The van der Waals surface area contributed by atoms with Crippen molar-refractivity contribution in [2.45, 2.75) is 32.7 Å². The Morgan fingerprint density at radius 1 is 1.29 bits per heavy atom. The summed E-state index contributed by atoms with van der Waals surface area (Å²) in [5.41, 5.74) is 1.14. The second-order valence-electron chi connectivity index (χ2n) is 5.06. The molecular weight excluding hydrogens is 270 g/mol. The number of amides is 1. The van der Waals surface area contributed by atoms with E-state index in [1.54, 1.807) is 6.92 Å². The summed E-state index contributed by atoms with van der Waals surface area (Å²) in [6, 6.07) is 8.97. The van der Waals surface area contributed by atoms with Crippen LogP contribution in [0.5, 0.6) is 0 Å². The maximum absolute atomic E-state index is 11.7. The Labute approximate surface area is 125 Å². The van der Waals surface area contributed by atoms with Gasteiger partial charge in [0.25, 0.3) is 0 Å². The molecule has 0 saturated carbocycles. The lowest BCUT2D eigenvalue weighted by atomic mass is 9.99. The van der Waals surface area contributed by atoms with E-state index in [1.807, 2.05) is 37.3 Å². The van der Waals surface area contributed by atoms with Gasteiger partial charge in [-0.1, -0.05) is 50.6 Å². The average molecular weight is 293 g/mol. The molecule has 0 unspecified atom stereocenters. The molecule has 1 amide bonds. The molecule has 2 N–H and O–H groups in total. The van der Waals surface area contributed by atoms with Gasteiger partial charge in [-0.25, -0.2) is 4.79 Å². The molecule has 0 spiro atoms. The fourth-order valence-corrected chi connectivity index (χ4v) is 1.90. The lowest BCUT2D eigenvalue weighted by molar-refractivity contribution is -0.144. The van der Waals surface area contributed by atoms with Crippen molar-refractivity contribution in [3.63, 3.8) is 0 Å². The van der Waals surface area contributed by atoms with Crippen LogP contribution in [0.3, 0.4) is 0 Å². The van der Waals surface area contributed by atoms with Crippen LogP contribution in [0.2, 0.25) is 0 Å². The Bertz CT molecular complexity index is 447. The van der Waals surface area contributed by atoms with Gasteiger partial charge in [0.1, 0.15) is 12.6 Å². The Morgan fingerprint density at radius 2 is 1.95 bits per heavy atom. The molecule has 1 aromatic carbocycles. The van der Waals surface area contributed by atoms with Gasteiger partial charge in [-0.2, -0.15) is 0 Å². The lowest BCUT2D eigenvalue weighted by Crippen LogP contribution is -2.46. The van der Waals surface area contributed by atoms with Gasteiger partial charge in [0.05, 0.1) is 6.61 Å². The van der Waals surface area contributed by atoms with Crippen molar-refractivity contribution in [1.29, 1.82) is 0 Å². The number of hydrogen-bond acceptors (Lipinski definition) is 3. The van der Waals surface area contributed by atoms with Gasteiger partial charge in [-0.3, -0.25) is 4.79 Å². The summed E-state index contributed by atoms with van der Waals surface area (Å²) in [4.78, 5) is 22.8. The Kier molecular flexibility index (Phi) is 7.46. The molecular formula is C16H23NO4. The first-order valence-electron chi connectivity index (χ1n) is 7.18. The highest BCUT2D eigenvalue weighted by Crippen LogP contribution is 2.07. The van der Waals surface area contributed by atoms with E-state index < -0.39 is 17.9 Å². The Morgan fingerprint density at radius 3 is 2.52 bits per heavy atom. The van der Waals surface area contributed by atoms with Crippen LogP contribution in [-0.4, -0.2) is 36.2 Å². The number of hydrogen-bond donors (Lipinski definition) is 2. The molecule has 0 saturated heterocycles. The number of carbonyl (C=O) groups is 2. The molecule has 5 nitrogen and oxygen atoms in total. The highest BCUT2D eigenvalue weighted by molar-refractivity contribution is 5.84. The van der Waals surface area contributed by atoms with Crippen molar-refractivity contribution < 1.29 is 19.4 Å². The van der Waals surface area contributed by atoms with E-state index >= 15 is 0 Å². The van der Waals surface area contributed by atoms with E-state index in [0.29, 0.717) is 13.0 Å². The molecule has 0 fully saturated rings. The van der Waals surface area contributed by atoms with E-state index in [-0.39, 0.29) is 12.5 Å². The second kappa shape index (κ2) is 9.13.